The topological polar surface area (TPSA) is 67.6 Å². The van der Waals surface area contributed by atoms with E-state index in [9.17, 15) is 0 Å². The molecule has 0 aliphatic rings. The van der Waals surface area contributed by atoms with Crippen molar-refractivity contribution in [3.63, 3.8) is 0 Å². The van der Waals surface area contributed by atoms with E-state index in [0.717, 1.165) is 35.5 Å². The predicted octanol–water partition coefficient (Wildman–Crippen LogP) is 1.94. The number of fused-ring (bicyclic) bond motifs is 1. The van der Waals surface area contributed by atoms with Crippen LogP contribution in [0, 0.1) is 6.92 Å². The lowest BCUT2D eigenvalue weighted by Crippen LogP contribution is -2.32. The standard InChI is InChI=1S/C12H18N4/c1-8-4-5-9-11(14-8)16-10(15-9)6-7-12(2,3)13/h4-5H,6-7,13H2,1-3H3,(H,14,15,16). The molecule has 0 aliphatic heterocycles. The number of aromatic amines is 1. The van der Waals surface area contributed by atoms with Crippen molar-refractivity contribution < 1.29 is 0 Å². The quantitative estimate of drug-likeness (QED) is 0.827. The minimum atomic E-state index is -0.150. The maximum Gasteiger partial charge on any atom is 0.177 e. The van der Waals surface area contributed by atoms with Gasteiger partial charge in [0, 0.05) is 17.7 Å². The summed E-state index contributed by atoms with van der Waals surface area (Å²) in [5.74, 6) is 0.964. The summed E-state index contributed by atoms with van der Waals surface area (Å²) in [5.41, 5.74) is 8.58. The van der Waals surface area contributed by atoms with E-state index in [1.807, 2.05) is 32.9 Å². The van der Waals surface area contributed by atoms with Crippen molar-refractivity contribution in [2.45, 2.75) is 39.2 Å². The second-order valence-corrected chi connectivity index (χ2v) is 5.00. The van der Waals surface area contributed by atoms with Crippen LogP contribution in [0.1, 0.15) is 31.8 Å². The number of aryl methyl sites for hydroxylation is 2. The minimum Gasteiger partial charge on any atom is -0.341 e. The van der Waals surface area contributed by atoms with Gasteiger partial charge in [-0.2, -0.15) is 0 Å². The van der Waals surface area contributed by atoms with E-state index in [2.05, 4.69) is 15.0 Å². The molecule has 16 heavy (non-hydrogen) atoms. The Morgan fingerprint density at radius 1 is 1.31 bits per heavy atom. The van der Waals surface area contributed by atoms with Gasteiger partial charge in [-0.25, -0.2) is 9.97 Å². The summed E-state index contributed by atoms with van der Waals surface area (Å²) in [6.07, 6.45) is 1.77. The van der Waals surface area contributed by atoms with E-state index < -0.39 is 0 Å². The number of nitrogens with zero attached hydrogens (tertiary/aromatic N) is 2. The predicted molar refractivity (Wildman–Crippen MR) is 65.2 cm³/mol. The Morgan fingerprint density at radius 3 is 2.75 bits per heavy atom. The van der Waals surface area contributed by atoms with Crippen molar-refractivity contribution in [3.8, 4) is 0 Å². The average Bonchev–Trinajstić information content (AvgIpc) is 2.55. The number of hydrogen-bond acceptors (Lipinski definition) is 3. The molecule has 0 atom stereocenters. The van der Waals surface area contributed by atoms with Crippen LogP contribution < -0.4 is 5.73 Å². The number of imidazole rings is 1. The summed E-state index contributed by atoms with van der Waals surface area (Å²) in [6, 6.07) is 4.00. The third-order valence-electron chi connectivity index (χ3n) is 2.54. The first-order valence-electron chi connectivity index (χ1n) is 5.55. The van der Waals surface area contributed by atoms with Gasteiger partial charge in [0.2, 0.25) is 0 Å². The maximum atomic E-state index is 5.94. The van der Waals surface area contributed by atoms with Crippen LogP contribution in [0.25, 0.3) is 11.2 Å². The molecule has 4 heteroatoms. The first kappa shape index (κ1) is 11.1. The Balaban J connectivity index is 2.20. The zero-order chi connectivity index (χ0) is 11.8. The Labute approximate surface area is 95.3 Å². The number of H-pyrrole nitrogens is 1. The van der Waals surface area contributed by atoms with E-state index in [4.69, 9.17) is 5.73 Å². The zero-order valence-electron chi connectivity index (χ0n) is 10.0. The molecular formula is C12H18N4. The minimum absolute atomic E-state index is 0.150. The van der Waals surface area contributed by atoms with Crippen molar-refractivity contribution in [3.05, 3.63) is 23.7 Å². The SMILES string of the molecule is Cc1ccc2[nH]c(CCC(C)(C)N)nc2n1. The summed E-state index contributed by atoms with van der Waals surface area (Å²) in [4.78, 5) is 12.1. The largest absolute Gasteiger partial charge is 0.341 e. The lowest BCUT2D eigenvalue weighted by atomic mass is 10.0. The normalized spacial score (nSPS) is 12.2. The Hall–Kier alpha value is -1.42. The smallest absolute Gasteiger partial charge is 0.177 e. The number of aromatic nitrogens is 3. The van der Waals surface area contributed by atoms with Crippen molar-refractivity contribution in [1.29, 1.82) is 0 Å². The number of nitrogens with one attached hydrogen (secondary N) is 1. The highest BCUT2D eigenvalue weighted by atomic mass is 15.0. The van der Waals surface area contributed by atoms with Crippen LogP contribution >= 0.6 is 0 Å². The van der Waals surface area contributed by atoms with Gasteiger partial charge >= 0.3 is 0 Å². The fraction of sp³-hybridized carbons (Fsp3) is 0.500. The molecule has 0 radical (unpaired) electrons. The Morgan fingerprint density at radius 2 is 2.06 bits per heavy atom. The molecule has 0 bridgehead atoms. The van der Waals surface area contributed by atoms with Gasteiger partial charge in [0.1, 0.15) is 5.82 Å². The molecule has 86 valence electrons. The molecule has 0 amide bonds. The highest BCUT2D eigenvalue weighted by molar-refractivity contribution is 5.70. The van der Waals surface area contributed by atoms with E-state index >= 15 is 0 Å². The molecule has 0 fully saturated rings. The fourth-order valence-electron chi connectivity index (χ4n) is 1.60. The zero-order valence-corrected chi connectivity index (χ0v) is 10.0. The number of pyridine rings is 1. The lowest BCUT2D eigenvalue weighted by Gasteiger charge is -2.16. The van der Waals surface area contributed by atoms with Gasteiger partial charge in [-0.05, 0) is 39.3 Å². The van der Waals surface area contributed by atoms with Gasteiger partial charge < -0.3 is 10.7 Å². The van der Waals surface area contributed by atoms with Gasteiger partial charge in [-0.1, -0.05) is 0 Å². The first-order chi connectivity index (χ1) is 7.44. The van der Waals surface area contributed by atoms with Crippen LogP contribution in [-0.4, -0.2) is 20.5 Å². The molecule has 4 nitrogen and oxygen atoms in total. The van der Waals surface area contributed by atoms with E-state index in [1.165, 1.54) is 0 Å². The highest BCUT2D eigenvalue weighted by Gasteiger charge is 2.12. The third kappa shape index (κ3) is 2.58. The average molecular weight is 218 g/mol. The molecule has 0 spiro atoms. The van der Waals surface area contributed by atoms with Crippen LogP contribution in [0.15, 0.2) is 12.1 Å². The fourth-order valence-corrected chi connectivity index (χ4v) is 1.60. The van der Waals surface area contributed by atoms with Crippen LogP contribution in [0.5, 0.6) is 0 Å². The van der Waals surface area contributed by atoms with Crippen molar-refractivity contribution >= 4 is 11.2 Å². The molecule has 2 aromatic heterocycles. The molecule has 0 unspecified atom stereocenters. The highest BCUT2D eigenvalue weighted by Crippen LogP contribution is 2.13. The molecule has 0 saturated carbocycles. The van der Waals surface area contributed by atoms with Gasteiger partial charge in [-0.15, -0.1) is 0 Å². The van der Waals surface area contributed by atoms with Gasteiger partial charge in [0.15, 0.2) is 5.65 Å². The second-order valence-electron chi connectivity index (χ2n) is 5.00. The Bertz CT molecular complexity index is 493. The lowest BCUT2D eigenvalue weighted by molar-refractivity contribution is 0.472. The molecule has 0 aromatic carbocycles. The van der Waals surface area contributed by atoms with E-state index in [1.54, 1.807) is 0 Å². The second kappa shape index (κ2) is 3.87. The molecule has 0 aliphatic carbocycles. The van der Waals surface area contributed by atoms with Crippen molar-refractivity contribution in [2.75, 3.05) is 0 Å². The number of rotatable bonds is 3. The summed E-state index contributed by atoms with van der Waals surface area (Å²) in [6.45, 7) is 6.02. The molecule has 0 saturated heterocycles. The Kier molecular flexibility index (Phi) is 2.68. The summed E-state index contributed by atoms with van der Waals surface area (Å²) in [5, 5.41) is 0. The molecule has 2 heterocycles. The van der Waals surface area contributed by atoms with Crippen LogP contribution in [-0.2, 0) is 6.42 Å². The number of hydrogen-bond donors (Lipinski definition) is 2. The van der Waals surface area contributed by atoms with Gasteiger partial charge in [0.25, 0.3) is 0 Å². The molecule has 3 N–H and O–H groups in total. The monoisotopic (exact) mass is 218 g/mol. The van der Waals surface area contributed by atoms with E-state index in [-0.39, 0.29) is 5.54 Å². The van der Waals surface area contributed by atoms with Crippen LogP contribution in [0.2, 0.25) is 0 Å². The molecule has 2 aromatic rings. The van der Waals surface area contributed by atoms with Crippen LogP contribution in [0.4, 0.5) is 0 Å². The third-order valence-corrected chi connectivity index (χ3v) is 2.54. The van der Waals surface area contributed by atoms with E-state index in [0.29, 0.717) is 0 Å². The molecule has 2 rings (SSSR count). The van der Waals surface area contributed by atoms with Crippen LogP contribution in [0.3, 0.4) is 0 Å². The summed E-state index contributed by atoms with van der Waals surface area (Å²) < 4.78 is 0. The molecular weight excluding hydrogens is 200 g/mol. The summed E-state index contributed by atoms with van der Waals surface area (Å²) >= 11 is 0. The first-order valence-corrected chi connectivity index (χ1v) is 5.55. The maximum absolute atomic E-state index is 5.94. The van der Waals surface area contributed by atoms with Crippen molar-refractivity contribution in [1.82, 2.24) is 15.0 Å². The summed E-state index contributed by atoms with van der Waals surface area (Å²) in [7, 11) is 0. The van der Waals surface area contributed by atoms with Crippen molar-refractivity contribution in [2.24, 2.45) is 5.73 Å². The van der Waals surface area contributed by atoms with Gasteiger partial charge in [0.05, 0.1) is 5.52 Å². The number of nitrogens with two attached hydrogens (primary N) is 1. The van der Waals surface area contributed by atoms with Gasteiger partial charge in [-0.3, -0.25) is 0 Å².